The molecule has 2 fully saturated rings. The molecule has 1 amide bonds. The fraction of sp³-hybridized carbons (Fsp3) is 0.474. The van der Waals surface area contributed by atoms with Gasteiger partial charge in [-0.05, 0) is 37.7 Å². The van der Waals surface area contributed by atoms with E-state index in [2.05, 4.69) is 21.7 Å². The summed E-state index contributed by atoms with van der Waals surface area (Å²) in [6.07, 6.45) is 9.82. The Morgan fingerprint density at radius 1 is 1.12 bits per heavy atom. The molecule has 0 unspecified atom stereocenters. The summed E-state index contributed by atoms with van der Waals surface area (Å²) in [5.74, 6) is 0.233. The van der Waals surface area contributed by atoms with E-state index in [4.69, 9.17) is 0 Å². The molecule has 1 aromatic carbocycles. The molecule has 0 N–H and O–H groups in total. The standard InChI is InChI=1S/C19H23N3OS/c23-18(21-12-5-2-6-13-21)17(15-7-3-1-4-8-15)24-19-20-11-14-22(19)16-9-10-16/h1,3-4,7-8,11,14,16-17H,2,5-6,9-10,12-13H2/t17-/m1/s1. The number of hydrogen-bond acceptors (Lipinski definition) is 3. The first-order valence-electron chi connectivity index (χ1n) is 8.86. The summed E-state index contributed by atoms with van der Waals surface area (Å²) >= 11 is 1.61. The zero-order valence-electron chi connectivity index (χ0n) is 13.8. The molecule has 1 aliphatic heterocycles. The first-order valence-corrected chi connectivity index (χ1v) is 9.74. The van der Waals surface area contributed by atoms with Gasteiger partial charge in [-0.25, -0.2) is 4.98 Å². The fourth-order valence-corrected chi connectivity index (χ4v) is 4.50. The highest BCUT2D eigenvalue weighted by Crippen LogP contribution is 2.42. The first kappa shape index (κ1) is 15.8. The summed E-state index contributed by atoms with van der Waals surface area (Å²) in [6, 6.07) is 10.7. The Balaban J connectivity index is 1.60. The molecule has 0 bridgehead atoms. The highest BCUT2D eigenvalue weighted by Gasteiger charge is 2.31. The van der Waals surface area contributed by atoms with Crippen molar-refractivity contribution >= 4 is 17.7 Å². The molecule has 2 aromatic rings. The third-order valence-corrected chi connectivity index (χ3v) is 6.03. The van der Waals surface area contributed by atoms with E-state index in [0.29, 0.717) is 6.04 Å². The largest absolute Gasteiger partial charge is 0.341 e. The number of carbonyl (C=O) groups excluding carboxylic acids is 1. The zero-order chi connectivity index (χ0) is 16.4. The highest BCUT2D eigenvalue weighted by molar-refractivity contribution is 8.00. The molecule has 0 spiro atoms. The van der Waals surface area contributed by atoms with Crippen LogP contribution in [0.4, 0.5) is 0 Å². The van der Waals surface area contributed by atoms with Crippen molar-refractivity contribution in [3.8, 4) is 0 Å². The first-order chi connectivity index (χ1) is 11.8. The second kappa shape index (κ2) is 7.01. The predicted molar refractivity (Wildman–Crippen MR) is 96.0 cm³/mol. The summed E-state index contributed by atoms with van der Waals surface area (Å²) in [5, 5.41) is 0.765. The van der Waals surface area contributed by atoms with Gasteiger partial charge in [-0.1, -0.05) is 42.1 Å². The molecule has 0 radical (unpaired) electrons. The zero-order valence-corrected chi connectivity index (χ0v) is 14.6. The average Bonchev–Trinajstić information content (AvgIpc) is 3.39. The number of hydrogen-bond donors (Lipinski definition) is 0. The molecule has 1 saturated heterocycles. The summed E-state index contributed by atoms with van der Waals surface area (Å²) < 4.78 is 2.24. The Hall–Kier alpha value is -1.75. The lowest BCUT2D eigenvalue weighted by Gasteiger charge is -2.30. The van der Waals surface area contributed by atoms with Crippen LogP contribution in [0, 0.1) is 0 Å². The van der Waals surface area contributed by atoms with Gasteiger partial charge in [-0.3, -0.25) is 4.79 Å². The topological polar surface area (TPSA) is 38.1 Å². The number of aromatic nitrogens is 2. The van der Waals surface area contributed by atoms with Gasteiger partial charge in [-0.2, -0.15) is 0 Å². The van der Waals surface area contributed by atoms with E-state index in [1.165, 1.54) is 19.3 Å². The van der Waals surface area contributed by atoms with Gasteiger partial charge < -0.3 is 9.47 Å². The number of likely N-dealkylation sites (tertiary alicyclic amines) is 1. The molecular formula is C19H23N3OS. The van der Waals surface area contributed by atoms with Crippen molar-refractivity contribution in [3.05, 3.63) is 48.3 Å². The second-order valence-corrected chi connectivity index (χ2v) is 7.72. The number of rotatable bonds is 5. The van der Waals surface area contributed by atoms with Gasteiger partial charge in [0.2, 0.25) is 5.91 Å². The lowest BCUT2D eigenvalue weighted by Crippen LogP contribution is -2.38. The molecule has 4 nitrogen and oxygen atoms in total. The highest BCUT2D eigenvalue weighted by atomic mass is 32.2. The Labute approximate surface area is 147 Å². The molecule has 1 aromatic heterocycles. The number of benzene rings is 1. The molecule has 5 heteroatoms. The van der Waals surface area contributed by atoms with Crippen LogP contribution in [-0.2, 0) is 4.79 Å². The number of thioether (sulfide) groups is 1. The number of imidazole rings is 1. The van der Waals surface area contributed by atoms with E-state index in [0.717, 1.165) is 36.7 Å². The molecule has 1 atom stereocenters. The van der Waals surface area contributed by atoms with Gasteiger partial charge in [0.1, 0.15) is 5.25 Å². The molecule has 24 heavy (non-hydrogen) atoms. The minimum absolute atomic E-state index is 0.204. The summed E-state index contributed by atoms with van der Waals surface area (Å²) in [7, 11) is 0. The van der Waals surface area contributed by atoms with E-state index in [1.807, 2.05) is 35.5 Å². The van der Waals surface area contributed by atoms with Gasteiger partial charge >= 0.3 is 0 Å². The minimum Gasteiger partial charge on any atom is -0.341 e. The van der Waals surface area contributed by atoms with Crippen molar-refractivity contribution in [1.82, 2.24) is 14.5 Å². The van der Waals surface area contributed by atoms with Crippen LogP contribution in [0.15, 0.2) is 47.9 Å². The second-order valence-electron chi connectivity index (χ2n) is 6.64. The Morgan fingerprint density at radius 2 is 1.88 bits per heavy atom. The SMILES string of the molecule is O=C([C@H](Sc1nccn1C1CC1)c1ccccc1)N1CCCCC1. The maximum absolute atomic E-state index is 13.2. The van der Waals surface area contributed by atoms with Crippen molar-refractivity contribution in [2.24, 2.45) is 0 Å². The van der Waals surface area contributed by atoms with E-state index >= 15 is 0 Å². The van der Waals surface area contributed by atoms with Crippen LogP contribution in [-0.4, -0.2) is 33.4 Å². The van der Waals surface area contributed by atoms with Gasteiger partial charge in [-0.15, -0.1) is 0 Å². The fourth-order valence-electron chi connectivity index (χ4n) is 3.30. The van der Waals surface area contributed by atoms with E-state index in [1.54, 1.807) is 11.8 Å². The van der Waals surface area contributed by atoms with Crippen LogP contribution < -0.4 is 0 Å². The summed E-state index contributed by atoms with van der Waals surface area (Å²) in [6.45, 7) is 1.78. The van der Waals surface area contributed by atoms with Gasteiger partial charge in [0.15, 0.2) is 5.16 Å². The number of carbonyl (C=O) groups is 1. The van der Waals surface area contributed by atoms with Crippen molar-refractivity contribution in [2.45, 2.75) is 48.6 Å². The quantitative estimate of drug-likeness (QED) is 0.770. The Kier molecular flexibility index (Phi) is 4.60. The minimum atomic E-state index is -0.204. The maximum atomic E-state index is 13.2. The third kappa shape index (κ3) is 3.36. The van der Waals surface area contributed by atoms with Crippen LogP contribution in [0.1, 0.15) is 49.0 Å². The summed E-state index contributed by atoms with van der Waals surface area (Å²) in [4.78, 5) is 19.8. The third-order valence-electron chi connectivity index (χ3n) is 4.79. The molecule has 1 saturated carbocycles. The van der Waals surface area contributed by atoms with E-state index in [9.17, 15) is 4.79 Å². The molecule has 4 rings (SSSR count). The van der Waals surface area contributed by atoms with Crippen molar-refractivity contribution < 1.29 is 4.79 Å². The monoisotopic (exact) mass is 341 g/mol. The average molecular weight is 341 g/mol. The summed E-state index contributed by atoms with van der Waals surface area (Å²) in [5.41, 5.74) is 1.07. The van der Waals surface area contributed by atoms with Gasteiger partial charge in [0.25, 0.3) is 0 Å². The van der Waals surface area contributed by atoms with Crippen LogP contribution in [0.25, 0.3) is 0 Å². The van der Waals surface area contributed by atoms with Crippen LogP contribution in [0.2, 0.25) is 0 Å². The molecule has 126 valence electrons. The number of nitrogens with zero attached hydrogens (tertiary/aromatic N) is 3. The molecule has 2 aliphatic rings. The van der Waals surface area contributed by atoms with E-state index in [-0.39, 0.29) is 11.2 Å². The molecule has 1 aliphatic carbocycles. The number of piperidine rings is 1. The Bertz CT molecular complexity index is 690. The van der Waals surface area contributed by atoms with E-state index < -0.39 is 0 Å². The lowest BCUT2D eigenvalue weighted by molar-refractivity contribution is -0.131. The normalized spacial score (nSPS) is 19.2. The lowest BCUT2D eigenvalue weighted by atomic mass is 10.1. The van der Waals surface area contributed by atoms with Crippen molar-refractivity contribution in [2.75, 3.05) is 13.1 Å². The predicted octanol–water partition coefficient (Wildman–Crippen LogP) is 4.06. The Morgan fingerprint density at radius 3 is 2.58 bits per heavy atom. The number of amides is 1. The van der Waals surface area contributed by atoms with Crippen LogP contribution in [0.3, 0.4) is 0 Å². The van der Waals surface area contributed by atoms with Crippen LogP contribution >= 0.6 is 11.8 Å². The smallest absolute Gasteiger partial charge is 0.240 e. The van der Waals surface area contributed by atoms with Gasteiger partial charge in [0, 0.05) is 31.5 Å². The van der Waals surface area contributed by atoms with Crippen molar-refractivity contribution in [1.29, 1.82) is 0 Å². The van der Waals surface area contributed by atoms with Gasteiger partial charge in [0.05, 0.1) is 0 Å². The molecular weight excluding hydrogens is 318 g/mol. The maximum Gasteiger partial charge on any atom is 0.240 e. The van der Waals surface area contributed by atoms with Crippen LogP contribution in [0.5, 0.6) is 0 Å². The van der Waals surface area contributed by atoms with Crippen molar-refractivity contribution in [3.63, 3.8) is 0 Å². The molecule has 2 heterocycles.